The molecule has 0 saturated heterocycles. The molecule has 0 aromatic carbocycles. The summed E-state index contributed by atoms with van der Waals surface area (Å²) in [6, 6.07) is 0. The highest BCUT2D eigenvalue weighted by atomic mass is 16.6. The average Bonchev–Trinajstić information content (AvgIpc) is 2.84. The van der Waals surface area contributed by atoms with Crippen LogP contribution in [0, 0.1) is 16.0 Å². The topological polar surface area (TPSA) is 75.5 Å². The smallest absolute Gasteiger partial charge is 0.293 e. The molecule has 2 rings (SSSR count). The first-order valence-corrected chi connectivity index (χ1v) is 8.84. The summed E-state index contributed by atoms with van der Waals surface area (Å²) in [5.74, 6) is -0.353. The lowest BCUT2D eigenvalue weighted by Gasteiger charge is -2.20. The van der Waals surface area contributed by atoms with Gasteiger partial charge in [-0.05, 0) is 30.1 Å². The SMILES string of the molecule is CNC(=O)C1=C/CC=CC/C=C\1C(C)C1=CC([N+](=O)[O-])=C(N(C)C)C=C=C1. The minimum absolute atomic E-state index is 0.0138. The molecule has 0 spiro atoms. The molecular weight excluding hydrogens is 342 g/mol. The van der Waals surface area contributed by atoms with Crippen molar-refractivity contribution in [2.75, 3.05) is 21.1 Å². The number of rotatable bonds is 5. The Balaban J connectivity index is 2.54. The summed E-state index contributed by atoms with van der Waals surface area (Å²) in [5.41, 5.74) is 5.74. The standard InChI is InChI=1S/C21H25N3O3/c1-15(17-11-7-5-6-8-12-18(17)21(25)22-2)16-10-9-13-19(23(3)4)20(14-16)24(26)27/h5-6,10-15H,7-8H2,1-4H3,(H,22,25)/b6-5?,17-11-,18-12+. The molecule has 142 valence electrons. The molecule has 1 N–H and O–H groups in total. The molecule has 2 aliphatic carbocycles. The highest BCUT2D eigenvalue weighted by molar-refractivity contribution is 5.98. The van der Waals surface area contributed by atoms with Crippen molar-refractivity contribution in [2.24, 2.45) is 5.92 Å². The molecule has 0 fully saturated rings. The van der Waals surface area contributed by atoms with E-state index in [1.165, 1.54) is 0 Å². The third-order valence-corrected chi connectivity index (χ3v) is 4.56. The lowest BCUT2D eigenvalue weighted by Crippen LogP contribution is -2.23. The summed E-state index contributed by atoms with van der Waals surface area (Å²) in [5, 5.41) is 14.3. The van der Waals surface area contributed by atoms with Gasteiger partial charge in [0.25, 0.3) is 11.6 Å². The number of nitrogens with zero attached hydrogens (tertiary/aromatic N) is 2. The Kier molecular flexibility index (Phi) is 6.74. The second-order valence-electron chi connectivity index (χ2n) is 6.54. The van der Waals surface area contributed by atoms with E-state index in [0.717, 1.165) is 11.1 Å². The van der Waals surface area contributed by atoms with Gasteiger partial charge in [-0.15, -0.1) is 5.73 Å². The van der Waals surface area contributed by atoms with Crippen molar-refractivity contribution < 1.29 is 9.72 Å². The van der Waals surface area contributed by atoms with E-state index in [2.05, 4.69) is 11.0 Å². The maximum Gasteiger partial charge on any atom is 0.293 e. The van der Waals surface area contributed by atoms with Crippen LogP contribution in [0.15, 0.2) is 76.4 Å². The Labute approximate surface area is 159 Å². The predicted octanol–water partition coefficient (Wildman–Crippen LogP) is 3.27. The Morgan fingerprint density at radius 2 is 1.93 bits per heavy atom. The van der Waals surface area contributed by atoms with Gasteiger partial charge in [0.15, 0.2) is 0 Å². The van der Waals surface area contributed by atoms with Gasteiger partial charge in [0, 0.05) is 44.8 Å². The van der Waals surface area contributed by atoms with E-state index in [9.17, 15) is 14.9 Å². The van der Waals surface area contributed by atoms with Crippen molar-refractivity contribution in [3.63, 3.8) is 0 Å². The van der Waals surface area contributed by atoms with Crippen LogP contribution in [-0.4, -0.2) is 36.9 Å². The summed E-state index contributed by atoms with van der Waals surface area (Å²) in [4.78, 5) is 25.3. The monoisotopic (exact) mass is 367 g/mol. The van der Waals surface area contributed by atoms with E-state index in [-0.39, 0.29) is 22.4 Å². The van der Waals surface area contributed by atoms with Crippen LogP contribution >= 0.6 is 0 Å². The normalized spacial score (nSPS) is 21.7. The number of hydrogen-bond acceptors (Lipinski definition) is 4. The van der Waals surface area contributed by atoms with Crippen molar-refractivity contribution in [3.8, 4) is 0 Å². The summed E-state index contributed by atoms with van der Waals surface area (Å²) < 4.78 is 0. The van der Waals surface area contributed by atoms with Gasteiger partial charge in [-0.1, -0.05) is 31.2 Å². The number of nitro groups is 1. The van der Waals surface area contributed by atoms with E-state index in [1.54, 1.807) is 44.3 Å². The second-order valence-corrected chi connectivity index (χ2v) is 6.54. The van der Waals surface area contributed by atoms with E-state index in [4.69, 9.17) is 0 Å². The quantitative estimate of drug-likeness (QED) is 0.350. The zero-order chi connectivity index (χ0) is 20.0. The highest BCUT2D eigenvalue weighted by Gasteiger charge is 2.25. The van der Waals surface area contributed by atoms with E-state index < -0.39 is 0 Å². The van der Waals surface area contributed by atoms with Gasteiger partial charge in [0.2, 0.25) is 0 Å². The van der Waals surface area contributed by atoms with Crippen LogP contribution in [0.5, 0.6) is 0 Å². The fourth-order valence-electron chi connectivity index (χ4n) is 3.07. The van der Waals surface area contributed by atoms with Gasteiger partial charge >= 0.3 is 0 Å². The first-order chi connectivity index (χ1) is 12.9. The van der Waals surface area contributed by atoms with Crippen LogP contribution in [0.4, 0.5) is 0 Å². The van der Waals surface area contributed by atoms with Crippen LogP contribution < -0.4 is 5.32 Å². The largest absolute Gasteiger partial charge is 0.372 e. The van der Waals surface area contributed by atoms with Crippen molar-refractivity contribution in [1.82, 2.24) is 10.2 Å². The molecule has 1 atom stereocenters. The molecule has 0 heterocycles. The van der Waals surface area contributed by atoms with Crippen molar-refractivity contribution >= 4 is 5.91 Å². The summed E-state index contributed by atoms with van der Waals surface area (Å²) >= 11 is 0. The lowest BCUT2D eigenvalue weighted by molar-refractivity contribution is -0.420. The average molecular weight is 367 g/mol. The summed E-state index contributed by atoms with van der Waals surface area (Å²) in [7, 11) is 5.12. The fraction of sp³-hybridized carbons (Fsp3) is 0.333. The molecule has 1 amide bonds. The molecule has 0 saturated carbocycles. The number of allylic oxidation sites excluding steroid dienone is 7. The Morgan fingerprint density at radius 3 is 2.52 bits per heavy atom. The first kappa shape index (κ1) is 20.2. The molecule has 6 nitrogen and oxygen atoms in total. The summed E-state index contributed by atoms with van der Waals surface area (Å²) in [6.07, 6.45) is 14.3. The van der Waals surface area contributed by atoms with Gasteiger partial charge in [0.05, 0.1) is 4.92 Å². The third-order valence-electron chi connectivity index (χ3n) is 4.56. The predicted molar refractivity (Wildman–Crippen MR) is 106 cm³/mol. The molecule has 0 aromatic rings. The highest BCUT2D eigenvalue weighted by Crippen LogP contribution is 2.31. The molecule has 6 heteroatoms. The summed E-state index contributed by atoms with van der Waals surface area (Å²) in [6.45, 7) is 1.95. The number of nitrogens with one attached hydrogen (secondary N) is 1. The van der Waals surface area contributed by atoms with Gasteiger partial charge < -0.3 is 10.2 Å². The van der Waals surface area contributed by atoms with E-state index >= 15 is 0 Å². The third kappa shape index (κ3) is 4.74. The number of carbonyl (C=O) groups is 1. The molecule has 0 radical (unpaired) electrons. The molecule has 27 heavy (non-hydrogen) atoms. The Morgan fingerprint density at radius 1 is 1.26 bits per heavy atom. The molecular formula is C21H25N3O3. The fourth-order valence-corrected chi connectivity index (χ4v) is 3.07. The molecule has 0 aromatic heterocycles. The van der Waals surface area contributed by atoms with Gasteiger partial charge in [-0.3, -0.25) is 14.9 Å². The van der Waals surface area contributed by atoms with Crippen molar-refractivity contribution in [1.29, 1.82) is 0 Å². The van der Waals surface area contributed by atoms with Crippen LogP contribution in [-0.2, 0) is 4.79 Å². The van der Waals surface area contributed by atoms with Crippen LogP contribution in [0.3, 0.4) is 0 Å². The van der Waals surface area contributed by atoms with Crippen LogP contribution in [0.2, 0.25) is 0 Å². The van der Waals surface area contributed by atoms with Crippen LogP contribution in [0.1, 0.15) is 19.8 Å². The lowest BCUT2D eigenvalue weighted by atomic mass is 9.85. The Bertz CT molecular complexity index is 848. The maximum atomic E-state index is 12.4. The number of likely N-dealkylation sites (N-methyl/N-ethyl adjacent to an activating group) is 2. The first-order valence-electron chi connectivity index (χ1n) is 8.84. The van der Waals surface area contributed by atoms with Gasteiger partial charge in [-0.25, -0.2) is 0 Å². The maximum absolute atomic E-state index is 12.4. The zero-order valence-corrected chi connectivity index (χ0v) is 16.2. The van der Waals surface area contributed by atoms with Crippen molar-refractivity contribution in [3.05, 3.63) is 86.5 Å². The van der Waals surface area contributed by atoms with Crippen LogP contribution in [0.25, 0.3) is 0 Å². The van der Waals surface area contributed by atoms with E-state index in [1.807, 2.05) is 31.2 Å². The zero-order valence-electron chi connectivity index (χ0n) is 16.2. The minimum Gasteiger partial charge on any atom is -0.372 e. The Hall–Kier alpha value is -3.11. The van der Waals surface area contributed by atoms with Crippen molar-refractivity contribution in [2.45, 2.75) is 19.8 Å². The van der Waals surface area contributed by atoms with Gasteiger partial charge in [-0.2, -0.15) is 0 Å². The second kappa shape index (κ2) is 9.01. The molecule has 0 aliphatic heterocycles. The number of carbonyl (C=O) groups excluding carboxylic acids is 1. The molecule has 2 aliphatic rings. The number of hydrogen-bond donors (Lipinski definition) is 1. The number of amides is 1. The molecule has 0 bridgehead atoms. The molecule has 1 unspecified atom stereocenters. The minimum atomic E-state index is -0.385. The van der Waals surface area contributed by atoms with Gasteiger partial charge in [0.1, 0.15) is 5.70 Å². The van der Waals surface area contributed by atoms with E-state index in [0.29, 0.717) is 24.1 Å².